The van der Waals surface area contributed by atoms with Crippen LogP contribution in [0, 0.1) is 20.8 Å². The van der Waals surface area contributed by atoms with Crippen LogP contribution in [-0.4, -0.2) is 23.6 Å². The Morgan fingerprint density at radius 1 is 1.22 bits per heavy atom. The van der Waals surface area contributed by atoms with Crippen molar-refractivity contribution in [2.24, 2.45) is 0 Å². The SMILES string of the molecule is Cc1ccc(C)c(NC(=O)COC(=O)c2cc(CO)oc2C)c1. The second-order valence-electron chi connectivity index (χ2n) is 5.28. The molecule has 2 N–H and O–H groups in total. The van der Waals surface area contributed by atoms with Gasteiger partial charge in [0.2, 0.25) is 0 Å². The number of aliphatic hydroxyl groups excluding tert-OH is 1. The normalized spacial score (nSPS) is 10.4. The number of esters is 1. The molecular formula is C17H19NO5. The minimum Gasteiger partial charge on any atom is -0.463 e. The summed E-state index contributed by atoms with van der Waals surface area (Å²) in [5.41, 5.74) is 2.84. The summed E-state index contributed by atoms with van der Waals surface area (Å²) in [7, 11) is 0. The molecule has 1 aromatic heterocycles. The van der Waals surface area contributed by atoms with Gasteiger partial charge in [-0.25, -0.2) is 4.79 Å². The molecule has 1 heterocycles. The monoisotopic (exact) mass is 317 g/mol. The predicted molar refractivity (Wildman–Crippen MR) is 84.2 cm³/mol. The molecule has 2 aromatic rings. The van der Waals surface area contributed by atoms with Gasteiger partial charge in [0.05, 0.1) is 0 Å². The van der Waals surface area contributed by atoms with Crippen molar-refractivity contribution in [3.63, 3.8) is 0 Å². The van der Waals surface area contributed by atoms with E-state index in [1.165, 1.54) is 6.07 Å². The Hall–Kier alpha value is -2.60. The average Bonchev–Trinajstić information content (AvgIpc) is 2.90. The Morgan fingerprint density at radius 2 is 1.96 bits per heavy atom. The lowest BCUT2D eigenvalue weighted by Gasteiger charge is -2.09. The average molecular weight is 317 g/mol. The number of carbonyl (C=O) groups excluding carboxylic acids is 2. The zero-order valence-electron chi connectivity index (χ0n) is 13.3. The molecule has 6 nitrogen and oxygen atoms in total. The van der Waals surface area contributed by atoms with Crippen molar-refractivity contribution in [3.8, 4) is 0 Å². The van der Waals surface area contributed by atoms with Crippen molar-refractivity contribution in [2.45, 2.75) is 27.4 Å². The molecule has 2 rings (SSSR count). The fraction of sp³-hybridized carbons (Fsp3) is 0.294. The molecule has 122 valence electrons. The smallest absolute Gasteiger partial charge is 0.342 e. The second kappa shape index (κ2) is 7.11. The summed E-state index contributed by atoms with van der Waals surface area (Å²) < 4.78 is 10.1. The van der Waals surface area contributed by atoms with Crippen LogP contribution in [0.15, 0.2) is 28.7 Å². The van der Waals surface area contributed by atoms with Crippen LogP contribution in [0.25, 0.3) is 0 Å². The first-order chi connectivity index (χ1) is 10.9. The maximum Gasteiger partial charge on any atom is 0.342 e. The first-order valence-corrected chi connectivity index (χ1v) is 7.15. The van der Waals surface area contributed by atoms with Crippen LogP contribution >= 0.6 is 0 Å². The van der Waals surface area contributed by atoms with Crippen LogP contribution in [0.3, 0.4) is 0 Å². The summed E-state index contributed by atoms with van der Waals surface area (Å²) in [5, 5.41) is 11.7. The number of benzene rings is 1. The molecule has 0 saturated carbocycles. The van der Waals surface area contributed by atoms with Crippen LogP contribution in [0.4, 0.5) is 5.69 Å². The molecule has 23 heavy (non-hydrogen) atoms. The van der Waals surface area contributed by atoms with Gasteiger partial charge < -0.3 is 19.6 Å². The number of nitrogens with one attached hydrogen (secondary N) is 1. The fourth-order valence-electron chi connectivity index (χ4n) is 2.09. The van der Waals surface area contributed by atoms with Gasteiger partial charge in [-0.2, -0.15) is 0 Å². The van der Waals surface area contributed by atoms with Crippen molar-refractivity contribution < 1.29 is 23.8 Å². The van der Waals surface area contributed by atoms with E-state index in [0.717, 1.165) is 11.1 Å². The number of furan rings is 1. The van der Waals surface area contributed by atoms with Gasteiger partial charge in [-0.05, 0) is 44.0 Å². The van der Waals surface area contributed by atoms with E-state index in [1.54, 1.807) is 6.92 Å². The molecular weight excluding hydrogens is 298 g/mol. The molecule has 0 aliphatic carbocycles. The third-order valence-electron chi connectivity index (χ3n) is 3.35. The lowest BCUT2D eigenvalue weighted by molar-refractivity contribution is -0.119. The summed E-state index contributed by atoms with van der Waals surface area (Å²) in [5.74, 6) is -0.471. The highest BCUT2D eigenvalue weighted by Crippen LogP contribution is 2.17. The molecule has 0 atom stereocenters. The van der Waals surface area contributed by atoms with Crippen molar-refractivity contribution in [1.82, 2.24) is 0 Å². The quantitative estimate of drug-likeness (QED) is 0.827. The van der Waals surface area contributed by atoms with Gasteiger partial charge in [0, 0.05) is 5.69 Å². The van der Waals surface area contributed by atoms with Gasteiger partial charge in [0.1, 0.15) is 23.7 Å². The summed E-state index contributed by atoms with van der Waals surface area (Å²) >= 11 is 0. The van der Waals surface area contributed by atoms with Crippen LogP contribution in [0.5, 0.6) is 0 Å². The van der Waals surface area contributed by atoms with Crippen LogP contribution < -0.4 is 5.32 Å². The number of aryl methyl sites for hydroxylation is 3. The molecule has 1 amide bonds. The highest BCUT2D eigenvalue weighted by Gasteiger charge is 2.17. The van der Waals surface area contributed by atoms with Crippen molar-refractivity contribution >= 4 is 17.6 Å². The van der Waals surface area contributed by atoms with Gasteiger partial charge >= 0.3 is 5.97 Å². The Labute approximate surface area is 134 Å². The largest absolute Gasteiger partial charge is 0.463 e. The van der Waals surface area contributed by atoms with Gasteiger partial charge in [-0.1, -0.05) is 12.1 Å². The topological polar surface area (TPSA) is 88.8 Å². The Kier molecular flexibility index (Phi) is 5.18. The standard InChI is InChI=1S/C17H19NO5/c1-10-4-5-11(2)15(6-10)18-16(20)9-22-17(21)14-7-13(8-19)23-12(14)3/h4-7,19H,8-9H2,1-3H3,(H,18,20). The van der Waals surface area contributed by atoms with Crippen molar-refractivity contribution in [3.05, 3.63) is 52.5 Å². The lowest BCUT2D eigenvalue weighted by Crippen LogP contribution is -2.21. The first kappa shape index (κ1) is 16.8. The molecule has 0 aliphatic heterocycles. The molecule has 0 aliphatic rings. The van der Waals surface area contributed by atoms with Crippen LogP contribution in [0.2, 0.25) is 0 Å². The molecule has 0 saturated heterocycles. The number of amides is 1. The van der Waals surface area contributed by atoms with E-state index in [0.29, 0.717) is 11.4 Å². The third-order valence-corrected chi connectivity index (χ3v) is 3.35. The number of aliphatic hydroxyl groups is 1. The maximum absolute atomic E-state index is 11.9. The molecule has 0 fully saturated rings. The van der Waals surface area contributed by atoms with Crippen LogP contribution in [-0.2, 0) is 16.1 Å². The van der Waals surface area contributed by atoms with E-state index in [9.17, 15) is 9.59 Å². The number of hydrogen-bond donors (Lipinski definition) is 2. The van der Waals surface area contributed by atoms with E-state index in [1.807, 2.05) is 32.0 Å². The van der Waals surface area contributed by atoms with Gasteiger partial charge in [-0.15, -0.1) is 0 Å². The van der Waals surface area contributed by atoms with Crippen molar-refractivity contribution in [2.75, 3.05) is 11.9 Å². The Balaban J connectivity index is 1.94. The van der Waals surface area contributed by atoms with E-state index in [4.69, 9.17) is 14.3 Å². The van der Waals surface area contributed by atoms with Crippen LogP contribution in [0.1, 0.15) is 33.0 Å². The van der Waals surface area contributed by atoms with E-state index in [-0.39, 0.29) is 17.9 Å². The second-order valence-corrected chi connectivity index (χ2v) is 5.28. The highest BCUT2D eigenvalue weighted by atomic mass is 16.5. The fourth-order valence-corrected chi connectivity index (χ4v) is 2.09. The van der Waals surface area contributed by atoms with Gasteiger partial charge in [0.15, 0.2) is 6.61 Å². The molecule has 0 unspecified atom stereocenters. The van der Waals surface area contributed by atoms with Gasteiger partial charge in [0.25, 0.3) is 5.91 Å². The predicted octanol–water partition coefficient (Wildman–Crippen LogP) is 2.49. The zero-order valence-corrected chi connectivity index (χ0v) is 13.3. The van der Waals surface area contributed by atoms with E-state index in [2.05, 4.69) is 5.32 Å². The molecule has 0 bridgehead atoms. The summed E-state index contributed by atoms with van der Waals surface area (Å²) in [6.07, 6.45) is 0. The van der Waals surface area contributed by atoms with E-state index < -0.39 is 18.5 Å². The summed E-state index contributed by atoms with van der Waals surface area (Å²) in [6, 6.07) is 7.11. The lowest BCUT2D eigenvalue weighted by atomic mass is 10.1. The number of rotatable bonds is 5. The minimum absolute atomic E-state index is 0.202. The molecule has 1 aromatic carbocycles. The Morgan fingerprint density at radius 3 is 2.61 bits per heavy atom. The van der Waals surface area contributed by atoms with Crippen molar-refractivity contribution in [1.29, 1.82) is 0 Å². The number of carbonyl (C=O) groups is 2. The Bertz CT molecular complexity index is 733. The first-order valence-electron chi connectivity index (χ1n) is 7.15. The summed E-state index contributed by atoms with van der Waals surface area (Å²) in [6.45, 7) is 4.69. The molecule has 0 radical (unpaired) electrons. The number of hydrogen-bond acceptors (Lipinski definition) is 5. The third kappa shape index (κ3) is 4.20. The van der Waals surface area contributed by atoms with Gasteiger partial charge in [-0.3, -0.25) is 4.79 Å². The molecule has 0 spiro atoms. The maximum atomic E-state index is 11.9. The number of ether oxygens (including phenoxy) is 1. The summed E-state index contributed by atoms with van der Waals surface area (Å²) in [4.78, 5) is 23.8. The van der Waals surface area contributed by atoms with E-state index >= 15 is 0 Å². The number of anilines is 1. The minimum atomic E-state index is -0.665. The highest BCUT2D eigenvalue weighted by molar-refractivity contribution is 5.96. The zero-order chi connectivity index (χ0) is 17.0. The molecule has 6 heteroatoms.